The maximum absolute atomic E-state index is 13.0. The molecule has 4 rings (SSSR count). The van der Waals surface area contributed by atoms with Gasteiger partial charge in [-0.05, 0) is 42.7 Å². The zero-order chi connectivity index (χ0) is 25.0. The van der Waals surface area contributed by atoms with Crippen molar-refractivity contribution in [3.05, 3.63) is 47.7 Å². The Bertz CT molecular complexity index is 1060. The van der Waals surface area contributed by atoms with E-state index in [1.807, 2.05) is 6.07 Å². The number of carbonyl (C=O) groups is 2. The highest BCUT2D eigenvalue weighted by atomic mass is 19.4. The number of fused-ring (bicyclic) bond motifs is 1. The van der Waals surface area contributed by atoms with Crippen molar-refractivity contribution in [2.24, 2.45) is 0 Å². The number of nitrogens with zero attached hydrogens (tertiary/aromatic N) is 2. The van der Waals surface area contributed by atoms with Crippen LogP contribution in [0.25, 0.3) is 0 Å². The summed E-state index contributed by atoms with van der Waals surface area (Å²) in [6.07, 6.45) is -3.77. The first kappa shape index (κ1) is 24.7. The molecule has 2 N–H and O–H groups in total. The summed E-state index contributed by atoms with van der Waals surface area (Å²) in [5.41, 5.74) is 1.81. The van der Waals surface area contributed by atoms with E-state index in [1.165, 1.54) is 36.3 Å². The van der Waals surface area contributed by atoms with E-state index in [-0.39, 0.29) is 30.7 Å². The van der Waals surface area contributed by atoms with Gasteiger partial charge in [-0.3, -0.25) is 9.69 Å². The zero-order valence-corrected chi connectivity index (χ0v) is 18.9. The number of anilines is 2. The average molecular weight is 494 g/mol. The highest BCUT2D eigenvalue weighted by Gasteiger charge is 2.32. The minimum atomic E-state index is -4.79. The van der Waals surface area contributed by atoms with E-state index < -0.39 is 18.5 Å². The fourth-order valence-electron chi connectivity index (χ4n) is 4.06. The predicted octanol–water partition coefficient (Wildman–Crippen LogP) is 3.73. The number of methoxy groups -OCH3 is 1. The van der Waals surface area contributed by atoms with Crippen LogP contribution < -0.4 is 20.3 Å². The van der Waals surface area contributed by atoms with Crippen LogP contribution in [0.15, 0.2) is 36.4 Å². The van der Waals surface area contributed by atoms with Gasteiger partial charge >= 0.3 is 12.4 Å². The van der Waals surface area contributed by atoms with Crippen molar-refractivity contribution in [3.63, 3.8) is 0 Å². The number of carbonyl (C=O) groups excluding carboxylic acids is 2. The molecule has 35 heavy (non-hydrogen) atoms. The minimum absolute atomic E-state index is 0.0158. The molecule has 1 aromatic heterocycles. The molecule has 3 heterocycles. The molecule has 0 radical (unpaired) electrons. The standard InChI is InChI=1S/C23H25F3N4O5/c1-33-19(15-2-4-16(5-3-15)35-23(24,25)26)12-27-22(32)30-13-20(31)28-18-7-6-17(29-21(18)30)14-8-10-34-11-9-14/h2-7,14,19H,8-13H2,1H3,(H,27,32)(H,28,31)/t19-/m0/s1. The van der Waals surface area contributed by atoms with E-state index in [1.54, 1.807) is 6.07 Å². The van der Waals surface area contributed by atoms with Crippen LogP contribution in [0.1, 0.15) is 36.1 Å². The number of rotatable bonds is 6. The maximum Gasteiger partial charge on any atom is 0.573 e. The van der Waals surface area contributed by atoms with Crippen LogP contribution in [-0.2, 0) is 14.3 Å². The van der Waals surface area contributed by atoms with Crippen molar-refractivity contribution >= 4 is 23.4 Å². The highest BCUT2D eigenvalue weighted by Crippen LogP contribution is 2.33. The molecule has 0 saturated carbocycles. The lowest BCUT2D eigenvalue weighted by Crippen LogP contribution is -2.48. The summed E-state index contributed by atoms with van der Waals surface area (Å²) in [4.78, 5) is 31.2. The first-order chi connectivity index (χ1) is 16.7. The van der Waals surface area contributed by atoms with Crippen LogP contribution in [0.5, 0.6) is 5.75 Å². The summed E-state index contributed by atoms with van der Waals surface area (Å²) < 4.78 is 51.8. The summed E-state index contributed by atoms with van der Waals surface area (Å²) in [5.74, 6) is -0.147. The normalized spacial score (nSPS) is 17.4. The fourth-order valence-corrected chi connectivity index (χ4v) is 4.06. The second-order valence-corrected chi connectivity index (χ2v) is 8.16. The maximum atomic E-state index is 13.0. The first-order valence-corrected chi connectivity index (χ1v) is 11.1. The Morgan fingerprint density at radius 3 is 2.60 bits per heavy atom. The third-order valence-corrected chi connectivity index (χ3v) is 5.82. The number of aromatic nitrogens is 1. The van der Waals surface area contributed by atoms with E-state index in [2.05, 4.69) is 20.4 Å². The van der Waals surface area contributed by atoms with Gasteiger partial charge in [0.15, 0.2) is 5.82 Å². The number of hydrogen-bond acceptors (Lipinski definition) is 6. The Labute approximate surface area is 199 Å². The number of nitrogens with one attached hydrogen (secondary N) is 2. The molecule has 0 unspecified atom stereocenters. The summed E-state index contributed by atoms with van der Waals surface area (Å²) in [7, 11) is 1.42. The number of amides is 3. The molecule has 2 aromatic rings. The van der Waals surface area contributed by atoms with Crippen molar-refractivity contribution < 1.29 is 37.0 Å². The van der Waals surface area contributed by atoms with Gasteiger partial charge < -0.3 is 24.8 Å². The zero-order valence-electron chi connectivity index (χ0n) is 18.9. The molecule has 2 aliphatic rings. The quantitative estimate of drug-likeness (QED) is 0.635. The molecule has 188 valence electrons. The fraction of sp³-hybridized carbons (Fsp3) is 0.435. The molecule has 1 fully saturated rings. The second-order valence-electron chi connectivity index (χ2n) is 8.16. The molecule has 2 aliphatic heterocycles. The van der Waals surface area contributed by atoms with Gasteiger partial charge in [0.25, 0.3) is 0 Å². The SMILES string of the molecule is CO[C@@H](CNC(=O)N1CC(=O)Nc2ccc(C3CCOCC3)nc21)c1ccc(OC(F)(F)F)cc1. The van der Waals surface area contributed by atoms with Crippen LogP contribution in [-0.4, -0.2) is 56.7 Å². The average Bonchev–Trinajstić information content (AvgIpc) is 2.84. The van der Waals surface area contributed by atoms with E-state index in [9.17, 15) is 22.8 Å². The lowest BCUT2D eigenvalue weighted by molar-refractivity contribution is -0.274. The number of ether oxygens (including phenoxy) is 3. The van der Waals surface area contributed by atoms with E-state index in [0.717, 1.165) is 18.5 Å². The lowest BCUT2D eigenvalue weighted by atomic mass is 9.96. The smallest absolute Gasteiger partial charge is 0.406 e. The minimum Gasteiger partial charge on any atom is -0.406 e. The van der Waals surface area contributed by atoms with Gasteiger partial charge in [0.2, 0.25) is 5.91 Å². The van der Waals surface area contributed by atoms with Crippen molar-refractivity contribution in [1.82, 2.24) is 10.3 Å². The van der Waals surface area contributed by atoms with Crippen LogP contribution in [0.4, 0.5) is 29.5 Å². The van der Waals surface area contributed by atoms with Gasteiger partial charge in [0.05, 0.1) is 11.8 Å². The Hall–Kier alpha value is -3.38. The third-order valence-electron chi connectivity index (χ3n) is 5.82. The molecule has 1 saturated heterocycles. The van der Waals surface area contributed by atoms with Gasteiger partial charge in [-0.15, -0.1) is 13.2 Å². The Morgan fingerprint density at radius 2 is 1.94 bits per heavy atom. The van der Waals surface area contributed by atoms with Crippen molar-refractivity contribution in [3.8, 4) is 5.75 Å². The number of urea groups is 1. The molecular formula is C23H25F3N4O5. The van der Waals surface area contributed by atoms with Gasteiger partial charge in [0.1, 0.15) is 12.3 Å². The summed E-state index contributed by atoms with van der Waals surface area (Å²) in [5, 5.41) is 5.46. The van der Waals surface area contributed by atoms with Crippen molar-refractivity contribution in [1.29, 1.82) is 0 Å². The van der Waals surface area contributed by atoms with E-state index in [4.69, 9.17) is 9.47 Å². The van der Waals surface area contributed by atoms with Gasteiger partial charge in [0, 0.05) is 38.5 Å². The first-order valence-electron chi connectivity index (χ1n) is 11.1. The lowest BCUT2D eigenvalue weighted by Gasteiger charge is -2.30. The highest BCUT2D eigenvalue weighted by molar-refractivity contribution is 6.08. The topological polar surface area (TPSA) is 102 Å². The number of benzene rings is 1. The summed E-state index contributed by atoms with van der Waals surface area (Å²) >= 11 is 0. The Morgan fingerprint density at radius 1 is 1.23 bits per heavy atom. The summed E-state index contributed by atoms with van der Waals surface area (Å²) in [6.45, 7) is 1.10. The molecule has 0 aliphatic carbocycles. The Balaban J connectivity index is 1.45. The molecule has 1 aromatic carbocycles. The van der Waals surface area contributed by atoms with E-state index in [0.29, 0.717) is 30.3 Å². The molecular weight excluding hydrogens is 469 g/mol. The van der Waals surface area contributed by atoms with E-state index >= 15 is 0 Å². The van der Waals surface area contributed by atoms with Crippen molar-refractivity contribution in [2.75, 3.05) is 43.6 Å². The molecule has 1 atom stereocenters. The molecule has 0 spiro atoms. The summed E-state index contributed by atoms with van der Waals surface area (Å²) in [6, 6.07) is 8.24. The molecule has 12 heteroatoms. The third kappa shape index (κ3) is 6.20. The van der Waals surface area contributed by atoms with Gasteiger partial charge in [-0.2, -0.15) is 0 Å². The predicted molar refractivity (Wildman–Crippen MR) is 119 cm³/mol. The molecule has 0 bridgehead atoms. The Kier molecular flexibility index (Phi) is 7.41. The van der Waals surface area contributed by atoms with Crippen LogP contribution in [0.2, 0.25) is 0 Å². The van der Waals surface area contributed by atoms with Crippen LogP contribution in [0.3, 0.4) is 0 Å². The van der Waals surface area contributed by atoms with Gasteiger partial charge in [-0.1, -0.05) is 12.1 Å². The second kappa shape index (κ2) is 10.5. The van der Waals surface area contributed by atoms with Crippen LogP contribution >= 0.6 is 0 Å². The number of hydrogen-bond donors (Lipinski definition) is 2. The molecule has 9 nitrogen and oxygen atoms in total. The molecule has 3 amide bonds. The van der Waals surface area contributed by atoms with Gasteiger partial charge in [-0.25, -0.2) is 9.78 Å². The number of pyridine rings is 1. The number of alkyl halides is 3. The monoisotopic (exact) mass is 494 g/mol. The van der Waals surface area contributed by atoms with Crippen molar-refractivity contribution in [2.45, 2.75) is 31.2 Å². The number of halogens is 3. The van der Waals surface area contributed by atoms with Crippen LogP contribution in [0, 0.1) is 0 Å². The largest absolute Gasteiger partial charge is 0.573 e.